The van der Waals surface area contributed by atoms with Crippen LogP contribution in [0.25, 0.3) is 5.57 Å². The van der Waals surface area contributed by atoms with Gasteiger partial charge in [-0.3, -0.25) is 14.4 Å². The summed E-state index contributed by atoms with van der Waals surface area (Å²) in [6, 6.07) is 5.82. The Morgan fingerprint density at radius 1 is 1.07 bits per heavy atom. The number of Topliss-reactive ketones (excluding diaryl/α,β-unsaturated/α-hetero) is 1. The van der Waals surface area contributed by atoms with E-state index in [1.807, 2.05) is 18.2 Å². The van der Waals surface area contributed by atoms with Gasteiger partial charge in [0, 0.05) is 6.42 Å². The van der Waals surface area contributed by atoms with E-state index in [4.69, 9.17) is 14.2 Å². The van der Waals surface area contributed by atoms with Crippen molar-refractivity contribution in [3.8, 4) is 5.75 Å². The van der Waals surface area contributed by atoms with Crippen molar-refractivity contribution in [1.29, 1.82) is 0 Å². The van der Waals surface area contributed by atoms with Crippen LogP contribution < -0.4 is 4.74 Å². The van der Waals surface area contributed by atoms with E-state index in [2.05, 4.69) is 0 Å². The molecule has 0 spiro atoms. The SMILES string of the molecule is COC(=O)[C@H]1Cc2cc(OC)ccc2C2=C1[C@H]1C(=O)CC[C@@]1(C(=O)OC)CC2. The van der Waals surface area contributed by atoms with Crippen LogP contribution in [0.15, 0.2) is 23.8 Å². The Morgan fingerprint density at radius 3 is 2.50 bits per heavy atom. The van der Waals surface area contributed by atoms with Crippen molar-refractivity contribution in [3.63, 3.8) is 0 Å². The lowest BCUT2D eigenvalue weighted by molar-refractivity contribution is -0.157. The average Bonchev–Trinajstić information content (AvgIpc) is 3.09. The van der Waals surface area contributed by atoms with Crippen LogP contribution in [0.2, 0.25) is 0 Å². The molecular weight excluding hydrogens is 360 g/mol. The molecule has 3 aliphatic carbocycles. The summed E-state index contributed by atoms with van der Waals surface area (Å²) in [4.78, 5) is 38.4. The summed E-state index contributed by atoms with van der Waals surface area (Å²) in [5, 5.41) is 0. The Hall–Kier alpha value is -2.63. The van der Waals surface area contributed by atoms with Gasteiger partial charge in [-0.15, -0.1) is 0 Å². The van der Waals surface area contributed by atoms with E-state index in [9.17, 15) is 14.4 Å². The molecular formula is C22H24O6. The number of carbonyl (C=O) groups excluding carboxylic acids is 3. The fourth-order valence-electron chi connectivity index (χ4n) is 5.42. The molecule has 0 saturated heterocycles. The second-order valence-corrected chi connectivity index (χ2v) is 7.78. The zero-order valence-electron chi connectivity index (χ0n) is 16.4. The Balaban J connectivity index is 1.93. The topological polar surface area (TPSA) is 78.9 Å². The minimum atomic E-state index is -0.860. The fraction of sp³-hybridized carbons (Fsp3) is 0.500. The molecule has 28 heavy (non-hydrogen) atoms. The van der Waals surface area contributed by atoms with Crippen molar-refractivity contribution < 1.29 is 28.6 Å². The van der Waals surface area contributed by atoms with Gasteiger partial charge in [0.1, 0.15) is 11.5 Å². The van der Waals surface area contributed by atoms with Crippen LogP contribution in [0, 0.1) is 17.3 Å². The first kappa shape index (κ1) is 18.7. The minimum absolute atomic E-state index is 0.0171. The van der Waals surface area contributed by atoms with E-state index in [0.29, 0.717) is 32.1 Å². The summed E-state index contributed by atoms with van der Waals surface area (Å²) in [5.41, 5.74) is 2.95. The monoisotopic (exact) mass is 384 g/mol. The van der Waals surface area contributed by atoms with Gasteiger partial charge in [0.25, 0.3) is 0 Å². The molecule has 0 unspecified atom stereocenters. The maximum absolute atomic E-state index is 12.9. The molecule has 6 nitrogen and oxygen atoms in total. The van der Waals surface area contributed by atoms with Crippen LogP contribution in [0.3, 0.4) is 0 Å². The Kier molecular flexibility index (Phi) is 4.52. The van der Waals surface area contributed by atoms with Gasteiger partial charge in [-0.05, 0) is 60.1 Å². The Morgan fingerprint density at radius 2 is 1.82 bits per heavy atom. The van der Waals surface area contributed by atoms with Gasteiger partial charge < -0.3 is 14.2 Å². The molecule has 1 fully saturated rings. The summed E-state index contributed by atoms with van der Waals surface area (Å²) >= 11 is 0. The first-order valence-electron chi connectivity index (χ1n) is 9.56. The van der Waals surface area contributed by atoms with E-state index in [1.165, 1.54) is 14.2 Å². The molecule has 4 rings (SSSR count). The highest BCUT2D eigenvalue weighted by Gasteiger charge is 2.60. The summed E-state index contributed by atoms with van der Waals surface area (Å²) in [6.45, 7) is 0. The summed E-state index contributed by atoms with van der Waals surface area (Å²) in [6.07, 6.45) is 2.41. The molecule has 0 aliphatic heterocycles. The van der Waals surface area contributed by atoms with Crippen molar-refractivity contribution in [2.45, 2.75) is 32.1 Å². The van der Waals surface area contributed by atoms with Crippen LogP contribution >= 0.6 is 0 Å². The van der Waals surface area contributed by atoms with Crippen LogP contribution in [-0.2, 0) is 30.3 Å². The number of rotatable bonds is 3. The van der Waals surface area contributed by atoms with E-state index in [-0.39, 0.29) is 17.7 Å². The van der Waals surface area contributed by atoms with Gasteiger partial charge in [-0.2, -0.15) is 0 Å². The molecule has 0 amide bonds. The van der Waals surface area contributed by atoms with Gasteiger partial charge in [-0.25, -0.2) is 0 Å². The summed E-state index contributed by atoms with van der Waals surface area (Å²) < 4.78 is 15.5. The number of ketones is 1. The summed E-state index contributed by atoms with van der Waals surface area (Å²) in [7, 11) is 4.33. The Labute approximate surface area is 163 Å². The van der Waals surface area contributed by atoms with Crippen molar-refractivity contribution in [1.82, 2.24) is 0 Å². The number of esters is 2. The second kappa shape index (κ2) is 6.76. The molecule has 3 atom stereocenters. The number of hydrogen-bond acceptors (Lipinski definition) is 6. The Bertz CT molecular complexity index is 898. The van der Waals surface area contributed by atoms with Gasteiger partial charge in [-0.1, -0.05) is 6.07 Å². The highest BCUT2D eigenvalue weighted by molar-refractivity contribution is 6.00. The average molecular weight is 384 g/mol. The van der Waals surface area contributed by atoms with Gasteiger partial charge in [0.15, 0.2) is 0 Å². The third-order valence-electron chi connectivity index (χ3n) is 6.69. The van der Waals surface area contributed by atoms with E-state index >= 15 is 0 Å². The van der Waals surface area contributed by atoms with Crippen molar-refractivity contribution in [3.05, 3.63) is 34.9 Å². The fourth-order valence-corrected chi connectivity index (χ4v) is 5.42. The number of hydrogen-bond donors (Lipinski definition) is 0. The third-order valence-corrected chi connectivity index (χ3v) is 6.69. The van der Waals surface area contributed by atoms with Crippen molar-refractivity contribution in [2.24, 2.45) is 17.3 Å². The molecule has 3 aliphatic rings. The predicted octanol–water partition coefficient (Wildman–Crippen LogP) is 2.73. The first-order valence-corrected chi connectivity index (χ1v) is 9.56. The molecule has 6 heteroatoms. The quantitative estimate of drug-likeness (QED) is 0.746. The number of ether oxygens (including phenoxy) is 3. The van der Waals surface area contributed by atoms with Crippen molar-refractivity contribution >= 4 is 23.3 Å². The number of fused-ring (bicyclic) bond motifs is 4. The standard InChI is InChI=1S/C22H24O6/c1-26-13-4-5-14-12(10-13)11-16(20(24)27-2)18-15(14)6-8-22(21(25)28-3)9-7-17(23)19(18)22/h4-5,10,16,19H,6-9,11H2,1-3H3/t16-,19+,22-/m0/s1. The number of methoxy groups -OCH3 is 3. The van der Waals surface area contributed by atoms with Crippen molar-refractivity contribution in [2.75, 3.05) is 21.3 Å². The number of carbonyl (C=O) groups is 3. The number of allylic oxidation sites excluding steroid dienone is 1. The van der Waals surface area contributed by atoms with Crippen LogP contribution in [-0.4, -0.2) is 39.1 Å². The molecule has 1 aromatic rings. The highest BCUT2D eigenvalue weighted by Crippen LogP contribution is 2.58. The third kappa shape index (κ3) is 2.50. The minimum Gasteiger partial charge on any atom is -0.497 e. The van der Waals surface area contributed by atoms with Crippen LogP contribution in [0.4, 0.5) is 0 Å². The molecule has 0 heterocycles. The maximum Gasteiger partial charge on any atom is 0.313 e. The molecule has 1 saturated carbocycles. The zero-order valence-corrected chi connectivity index (χ0v) is 16.4. The van der Waals surface area contributed by atoms with E-state index < -0.39 is 17.3 Å². The smallest absolute Gasteiger partial charge is 0.313 e. The maximum atomic E-state index is 12.9. The zero-order chi connectivity index (χ0) is 20.1. The lowest BCUT2D eigenvalue weighted by Crippen LogP contribution is -2.45. The predicted molar refractivity (Wildman–Crippen MR) is 101 cm³/mol. The van der Waals surface area contributed by atoms with E-state index in [0.717, 1.165) is 28.0 Å². The largest absolute Gasteiger partial charge is 0.497 e. The van der Waals surface area contributed by atoms with Gasteiger partial charge in [0.2, 0.25) is 0 Å². The lowest BCUT2D eigenvalue weighted by atomic mass is 9.59. The first-order chi connectivity index (χ1) is 13.5. The molecule has 0 N–H and O–H groups in total. The second-order valence-electron chi connectivity index (χ2n) is 7.78. The molecule has 0 bridgehead atoms. The molecule has 0 radical (unpaired) electrons. The number of benzene rings is 1. The molecule has 0 aromatic heterocycles. The van der Waals surface area contributed by atoms with Crippen LogP contribution in [0.5, 0.6) is 5.75 Å². The van der Waals surface area contributed by atoms with Gasteiger partial charge in [0.05, 0.1) is 38.6 Å². The molecule has 148 valence electrons. The molecule has 1 aromatic carbocycles. The van der Waals surface area contributed by atoms with Crippen LogP contribution in [0.1, 0.15) is 36.8 Å². The van der Waals surface area contributed by atoms with Gasteiger partial charge >= 0.3 is 11.9 Å². The van der Waals surface area contributed by atoms with E-state index in [1.54, 1.807) is 7.11 Å². The highest BCUT2D eigenvalue weighted by atomic mass is 16.5. The lowest BCUT2D eigenvalue weighted by Gasteiger charge is -2.43. The normalized spacial score (nSPS) is 28.2. The summed E-state index contributed by atoms with van der Waals surface area (Å²) in [5.74, 6) is -1.16.